The predicted octanol–water partition coefficient (Wildman–Crippen LogP) is 8.83. The first-order valence-electron chi connectivity index (χ1n) is 7.99. The van der Waals surface area contributed by atoms with E-state index >= 15 is 0 Å². The molecule has 1 aliphatic carbocycles. The molecule has 37 heavy (non-hydrogen) atoms. The molecular formula is C13H2F24. The number of hydrogen-bond donors (Lipinski definition) is 0. The summed E-state index contributed by atoms with van der Waals surface area (Å²) in [6, 6.07) is 0. The largest absolute Gasteiger partial charge is 0.405 e. The van der Waals surface area contributed by atoms with Crippen molar-refractivity contribution in [2.24, 2.45) is 21.7 Å². The van der Waals surface area contributed by atoms with E-state index in [-0.39, 0.29) is 0 Å². The molecule has 0 nitrogen and oxygen atoms in total. The Morgan fingerprint density at radius 1 is 0.243 bits per heavy atom. The minimum absolute atomic E-state index is 6.14. The summed E-state index contributed by atoms with van der Waals surface area (Å²) < 4.78 is 326. The van der Waals surface area contributed by atoms with Gasteiger partial charge in [-0.25, -0.2) is 0 Å². The zero-order valence-corrected chi connectivity index (χ0v) is 15.8. The van der Waals surface area contributed by atoms with Crippen molar-refractivity contribution in [2.75, 3.05) is 0 Å². The number of alkyl halides is 24. The Hall–Kier alpha value is -1.68. The van der Waals surface area contributed by atoms with Crippen LogP contribution in [0.5, 0.6) is 0 Å². The lowest BCUT2D eigenvalue weighted by Gasteiger charge is -2.57. The van der Waals surface area contributed by atoms with Gasteiger partial charge in [0.05, 0.1) is 0 Å². The fourth-order valence-electron chi connectivity index (χ4n) is 5.02. The zero-order valence-electron chi connectivity index (χ0n) is 15.8. The maximum Gasteiger partial charge on any atom is 0.405 e. The lowest BCUT2D eigenvalue weighted by atomic mass is 9.49. The van der Waals surface area contributed by atoms with Crippen molar-refractivity contribution in [1.29, 1.82) is 0 Å². The Balaban J connectivity index is 5.35. The summed E-state index contributed by atoms with van der Waals surface area (Å²) in [5.74, 6) is 0. The van der Waals surface area contributed by atoms with Gasteiger partial charge in [0.1, 0.15) is 0 Å². The van der Waals surface area contributed by atoms with Crippen molar-refractivity contribution in [3.63, 3.8) is 0 Å². The summed E-state index contributed by atoms with van der Waals surface area (Å²) in [7, 11) is 0. The molecule has 0 aliphatic heterocycles. The van der Waals surface area contributed by atoms with Crippen LogP contribution in [-0.2, 0) is 0 Å². The fraction of sp³-hybridized carbons (Fsp3) is 1.00. The molecule has 1 aliphatic rings. The van der Waals surface area contributed by atoms with Gasteiger partial charge in [0, 0.05) is 0 Å². The molecule has 1 rings (SSSR count). The van der Waals surface area contributed by atoms with Crippen molar-refractivity contribution in [3.05, 3.63) is 0 Å². The summed E-state index contributed by atoms with van der Waals surface area (Å²) >= 11 is 0. The Labute approximate surface area is 184 Å². The van der Waals surface area contributed by atoms with Gasteiger partial charge < -0.3 is 0 Å². The standard InChI is InChI=1S/C13H2F24/c14-6(15,16)2(7(17,18)19)1-3(8(20,21)22,9(23,24)25)5(12(32,33)34,13(35,36)37)4(2,10(26,27)28)11(29,30)31/h1H2. The summed E-state index contributed by atoms with van der Waals surface area (Å²) in [6.07, 6.45) is -79.9. The highest BCUT2D eigenvalue weighted by atomic mass is 19.5. The molecule has 0 unspecified atom stereocenters. The van der Waals surface area contributed by atoms with E-state index in [2.05, 4.69) is 0 Å². The highest BCUT2D eigenvalue weighted by Gasteiger charge is 3.15. The van der Waals surface area contributed by atoms with Crippen molar-refractivity contribution in [1.82, 2.24) is 0 Å². The van der Waals surface area contributed by atoms with E-state index in [9.17, 15) is 105 Å². The van der Waals surface area contributed by atoms with Crippen molar-refractivity contribution in [2.45, 2.75) is 55.8 Å². The molecule has 0 atom stereocenters. The second-order valence-electron chi connectivity index (χ2n) is 7.47. The molecule has 24 heteroatoms. The minimum atomic E-state index is -9.96. The van der Waals surface area contributed by atoms with Gasteiger partial charge in [0.2, 0.25) is 10.8 Å². The maximum absolute atomic E-state index is 13.7. The molecule has 0 spiro atoms. The fourth-order valence-corrected chi connectivity index (χ4v) is 5.02. The Morgan fingerprint density at radius 2 is 0.378 bits per heavy atom. The van der Waals surface area contributed by atoms with E-state index < -0.39 is 77.5 Å². The second kappa shape index (κ2) is 7.49. The summed E-state index contributed by atoms with van der Waals surface area (Å²) in [5.41, 5.74) is -38.1. The molecule has 0 aromatic heterocycles. The highest BCUT2D eigenvalue weighted by Crippen LogP contribution is 2.94. The minimum Gasteiger partial charge on any atom is -0.170 e. The predicted molar refractivity (Wildman–Crippen MR) is 62.8 cm³/mol. The summed E-state index contributed by atoms with van der Waals surface area (Å²) in [5, 5.41) is 0. The third kappa shape index (κ3) is 3.36. The van der Waals surface area contributed by atoms with Gasteiger partial charge in [-0.1, -0.05) is 0 Å². The van der Waals surface area contributed by atoms with E-state index in [4.69, 9.17) is 0 Å². The van der Waals surface area contributed by atoms with Crippen LogP contribution in [0.25, 0.3) is 0 Å². The van der Waals surface area contributed by atoms with Crippen LogP contribution in [0.15, 0.2) is 0 Å². The molecule has 1 fully saturated rings. The summed E-state index contributed by atoms with van der Waals surface area (Å²) in [6.45, 7) is 0. The van der Waals surface area contributed by atoms with Crippen LogP contribution in [0.3, 0.4) is 0 Å². The van der Waals surface area contributed by atoms with Crippen LogP contribution < -0.4 is 0 Å². The van der Waals surface area contributed by atoms with Crippen molar-refractivity contribution in [3.8, 4) is 0 Å². The Bertz CT molecular complexity index is 726. The topological polar surface area (TPSA) is 0 Å². The van der Waals surface area contributed by atoms with Crippen molar-refractivity contribution < 1.29 is 105 Å². The maximum atomic E-state index is 13.7. The monoisotopic (exact) mass is 614 g/mol. The molecule has 0 radical (unpaired) electrons. The van der Waals surface area contributed by atoms with Gasteiger partial charge in [0.15, 0.2) is 10.8 Å². The van der Waals surface area contributed by atoms with Gasteiger partial charge in [-0.15, -0.1) is 0 Å². The first kappa shape index (κ1) is 33.3. The molecule has 0 saturated heterocycles. The van der Waals surface area contributed by atoms with Crippen LogP contribution in [0, 0.1) is 21.7 Å². The van der Waals surface area contributed by atoms with E-state index in [0.29, 0.717) is 0 Å². The van der Waals surface area contributed by atoms with Crippen molar-refractivity contribution >= 4 is 0 Å². The van der Waals surface area contributed by atoms with Gasteiger partial charge in [-0.3, -0.25) is 0 Å². The molecule has 1 saturated carbocycles. The number of rotatable bonds is 0. The van der Waals surface area contributed by atoms with E-state index in [1.165, 1.54) is 0 Å². The average molecular weight is 614 g/mol. The average Bonchev–Trinajstić information content (AvgIpc) is 2.80. The second-order valence-corrected chi connectivity index (χ2v) is 7.47. The molecule has 0 aromatic rings. The lowest BCUT2D eigenvalue weighted by Crippen LogP contribution is -2.81. The third-order valence-corrected chi connectivity index (χ3v) is 6.01. The van der Waals surface area contributed by atoms with Gasteiger partial charge >= 0.3 is 49.4 Å². The molecule has 0 amide bonds. The molecule has 0 N–H and O–H groups in total. The van der Waals surface area contributed by atoms with Gasteiger partial charge in [0.25, 0.3) is 0 Å². The molecule has 222 valence electrons. The van der Waals surface area contributed by atoms with Crippen LogP contribution in [0.4, 0.5) is 105 Å². The van der Waals surface area contributed by atoms with E-state index in [1.54, 1.807) is 0 Å². The normalized spacial score (nSPS) is 23.4. The summed E-state index contributed by atoms with van der Waals surface area (Å²) in [4.78, 5) is 0. The highest BCUT2D eigenvalue weighted by molar-refractivity contribution is 5.36. The Kier molecular flexibility index (Phi) is 6.75. The zero-order chi connectivity index (χ0) is 30.7. The molecule has 0 bridgehead atoms. The third-order valence-electron chi connectivity index (χ3n) is 6.01. The SMILES string of the molecule is FC(F)(F)C1(C(F)(F)F)CC(C(F)(F)F)(C(F)(F)F)C(C(F)(F)F)(C(F)(F)F)C1(C(F)(F)F)C(F)(F)F. The molecular weight excluding hydrogens is 612 g/mol. The molecule has 0 heterocycles. The number of halogens is 24. The van der Waals surface area contributed by atoms with Crippen LogP contribution in [-0.4, -0.2) is 49.4 Å². The van der Waals surface area contributed by atoms with Gasteiger partial charge in [-0.05, 0) is 6.42 Å². The first-order valence-corrected chi connectivity index (χ1v) is 7.99. The van der Waals surface area contributed by atoms with Crippen LogP contribution in [0.1, 0.15) is 6.42 Å². The van der Waals surface area contributed by atoms with E-state index in [1.807, 2.05) is 0 Å². The Morgan fingerprint density at radius 3 is 0.459 bits per heavy atom. The van der Waals surface area contributed by atoms with Crippen LogP contribution in [0.2, 0.25) is 0 Å². The first-order chi connectivity index (χ1) is 15.5. The quantitative estimate of drug-likeness (QED) is 0.240. The lowest BCUT2D eigenvalue weighted by molar-refractivity contribution is -0.546. The van der Waals surface area contributed by atoms with Gasteiger partial charge in [-0.2, -0.15) is 105 Å². The van der Waals surface area contributed by atoms with E-state index in [0.717, 1.165) is 0 Å². The van der Waals surface area contributed by atoms with Crippen LogP contribution >= 0.6 is 0 Å². The number of hydrogen-bond acceptors (Lipinski definition) is 0. The smallest absolute Gasteiger partial charge is 0.170 e. The molecule has 0 aromatic carbocycles.